The van der Waals surface area contributed by atoms with Crippen molar-refractivity contribution in [2.24, 2.45) is 11.7 Å². The van der Waals surface area contributed by atoms with Crippen LogP contribution in [-0.4, -0.2) is 12.5 Å². The van der Waals surface area contributed by atoms with Crippen LogP contribution in [0.25, 0.3) is 0 Å². The molecule has 4 heteroatoms. The molecule has 1 unspecified atom stereocenters. The minimum atomic E-state index is -0.423. The monoisotopic (exact) mass is 369 g/mol. The third-order valence-electron chi connectivity index (χ3n) is 4.86. The first kappa shape index (κ1) is 18.5. The van der Waals surface area contributed by atoms with Gasteiger partial charge in [0.1, 0.15) is 5.75 Å². The lowest BCUT2D eigenvalue weighted by molar-refractivity contribution is 0.100. The van der Waals surface area contributed by atoms with Crippen LogP contribution in [-0.2, 0) is 6.42 Å². The molecule has 0 bridgehead atoms. The minimum Gasteiger partial charge on any atom is -0.493 e. The van der Waals surface area contributed by atoms with Gasteiger partial charge in [0.15, 0.2) is 0 Å². The van der Waals surface area contributed by atoms with Crippen molar-refractivity contribution in [3.8, 4) is 5.75 Å². The Hall–Kier alpha value is -2.26. The van der Waals surface area contributed by atoms with E-state index in [0.717, 1.165) is 30.0 Å². The first-order chi connectivity index (χ1) is 12.6. The summed E-state index contributed by atoms with van der Waals surface area (Å²) in [5.74, 6) is 0.897. The molecular weight excluding hydrogens is 346 g/mol. The Balaban J connectivity index is 1.55. The molecular formula is C22H24ClNO2. The molecule has 3 rings (SSSR count). The summed E-state index contributed by atoms with van der Waals surface area (Å²) in [5, 5.41) is 0.798. The topological polar surface area (TPSA) is 52.3 Å². The van der Waals surface area contributed by atoms with E-state index in [1.165, 1.54) is 24.0 Å². The molecule has 0 aromatic heterocycles. The van der Waals surface area contributed by atoms with Crippen LogP contribution in [0.15, 0.2) is 60.2 Å². The number of hydrogen-bond acceptors (Lipinski definition) is 2. The van der Waals surface area contributed by atoms with Crippen molar-refractivity contribution in [3.05, 3.63) is 76.3 Å². The summed E-state index contributed by atoms with van der Waals surface area (Å²) in [7, 11) is 0. The largest absolute Gasteiger partial charge is 0.493 e. The molecule has 2 aromatic rings. The number of carbonyl (C=O) groups is 1. The fourth-order valence-corrected chi connectivity index (χ4v) is 3.71. The van der Waals surface area contributed by atoms with Crippen LogP contribution in [0.3, 0.4) is 0 Å². The van der Waals surface area contributed by atoms with E-state index in [-0.39, 0.29) is 0 Å². The van der Waals surface area contributed by atoms with Gasteiger partial charge in [-0.1, -0.05) is 35.4 Å². The van der Waals surface area contributed by atoms with Gasteiger partial charge in [0, 0.05) is 17.0 Å². The maximum atomic E-state index is 11.1. The van der Waals surface area contributed by atoms with Gasteiger partial charge in [0.25, 0.3) is 0 Å². The van der Waals surface area contributed by atoms with Gasteiger partial charge in [-0.3, -0.25) is 4.79 Å². The molecule has 0 saturated heterocycles. The number of carbonyl (C=O) groups excluding carboxylic acids is 1. The molecule has 1 aliphatic rings. The van der Waals surface area contributed by atoms with Crippen LogP contribution in [0.2, 0.25) is 5.02 Å². The van der Waals surface area contributed by atoms with Crippen LogP contribution in [0, 0.1) is 5.92 Å². The number of amides is 1. The van der Waals surface area contributed by atoms with Crippen molar-refractivity contribution in [1.29, 1.82) is 0 Å². The molecule has 1 amide bonds. The van der Waals surface area contributed by atoms with E-state index in [2.05, 4.69) is 18.2 Å². The van der Waals surface area contributed by atoms with Crippen molar-refractivity contribution in [2.45, 2.75) is 32.1 Å². The number of hydrogen-bond donors (Lipinski definition) is 1. The average molecular weight is 370 g/mol. The van der Waals surface area contributed by atoms with Crippen molar-refractivity contribution in [2.75, 3.05) is 6.61 Å². The lowest BCUT2D eigenvalue weighted by atomic mass is 9.82. The highest BCUT2D eigenvalue weighted by Crippen LogP contribution is 2.31. The van der Waals surface area contributed by atoms with E-state index in [1.807, 2.05) is 12.1 Å². The maximum absolute atomic E-state index is 11.1. The second-order valence-corrected chi connectivity index (χ2v) is 7.16. The molecule has 2 aromatic carbocycles. The van der Waals surface area contributed by atoms with Crippen molar-refractivity contribution >= 4 is 17.5 Å². The Morgan fingerprint density at radius 1 is 1.19 bits per heavy atom. The molecule has 1 aliphatic carbocycles. The summed E-state index contributed by atoms with van der Waals surface area (Å²) in [6.07, 6.45) is 7.92. The summed E-state index contributed by atoms with van der Waals surface area (Å²) in [6, 6.07) is 15.1. The second-order valence-electron chi connectivity index (χ2n) is 6.73. The maximum Gasteiger partial charge on any atom is 0.248 e. The summed E-state index contributed by atoms with van der Waals surface area (Å²) >= 11 is 6.12. The van der Waals surface area contributed by atoms with Crippen LogP contribution in [0.4, 0.5) is 0 Å². The number of nitrogens with two attached hydrogens (primary N) is 1. The quantitative estimate of drug-likeness (QED) is 0.684. The highest BCUT2D eigenvalue weighted by molar-refractivity contribution is 6.30. The highest BCUT2D eigenvalue weighted by atomic mass is 35.5. The molecule has 3 nitrogen and oxygen atoms in total. The van der Waals surface area contributed by atoms with E-state index in [0.29, 0.717) is 18.1 Å². The Kier molecular flexibility index (Phi) is 6.35. The van der Waals surface area contributed by atoms with Gasteiger partial charge in [-0.2, -0.15) is 0 Å². The van der Waals surface area contributed by atoms with Gasteiger partial charge in [0.05, 0.1) is 6.61 Å². The van der Waals surface area contributed by atoms with Crippen LogP contribution in [0.1, 0.15) is 41.6 Å². The summed E-state index contributed by atoms with van der Waals surface area (Å²) < 4.78 is 5.85. The normalized spacial score (nSPS) is 16.8. The molecule has 0 aliphatic heterocycles. The van der Waals surface area contributed by atoms with Gasteiger partial charge < -0.3 is 10.5 Å². The zero-order valence-corrected chi connectivity index (χ0v) is 15.5. The van der Waals surface area contributed by atoms with Crippen molar-refractivity contribution in [1.82, 2.24) is 0 Å². The summed E-state index contributed by atoms with van der Waals surface area (Å²) in [6.45, 7) is 0.633. The van der Waals surface area contributed by atoms with Gasteiger partial charge in [-0.25, -0.2) is 0 Å². The van der Waals surface area contributed by atoms with E-state index >= 15 is 0 Å². The molecule has 2 N–H and O–H groups in total. The standard InChI is InChI=1S/C22H24ClNO2/c23-20-7-3-4-16(15-20)14-19-6-2-1-5-17(19)12-13-26-21-10-8-18(9-11-21)22(24)25/h3-5,7-11,15,19H,1-2,6,12-14H2,(H2,24,25). The smallest absolute Gasteiger partial charge is 0.248 e. The highest BCUT2D eigenvalue weighted by Gasteiger charge is 2.18. The lowest BCUT2D eigenvalue weighted by Crippen LogP contribution is -2.14. The van der Waals surface area contributed by atoms with Crippen LogP contribution < -0.4 is 10.5 Å². The minimum absolute atomic E-state index is 0.423. The zero-order chi connectivity index (χ0) is 18.4. The average Bonchev–Trinajstić information content (AvgIpc) is 2.63. The predicted molar refractivity (Wildman–Crippen MR) is 106 cm³/mol. The van der Waals surface area contributed by atoms with E-state index in [4.69, 9.17) is 22.1 Å². The van der Waals surface area contributed by atoms with Crippen molar-refractivity contribution < 1.29 is 9.53 Å². The fraction of sp³-hybridized carbons (Fsp3) is 0.318. The van der Waals surface area contributed by atoms with E-state index < -0.39 is 5.91 Å². The van der Waals surface area contributed by atoms with E-state index in [9.17, 15) is 4.79 Å². The Bertz CT molecular complexity index is 783. The first-order valence-corrected chi connectivity index (χ1v) is 9.45. The molecule has 26 heavy (non-hydrogen) atoms. The molecule has 0 spiro atoms. The first-order valence-electron chi connectivity index (χ1n) is 9.08. The molecule has 0 fully saturated rings. The zero-order valence-electron chi connectivity index (χ0n) is 14.8. The predicted octanol–water partition coefficient (Wildman–Crippen LogP) is 5.18. The SMILES string of the molecule is NC(=O)c1ccc(OCCC2=CCCCC2Cc2cccc(Cl)c2)cc1. The molecule has 0 heterocycles. The molecule has 1 atom stereocenters. The van der Waals surface area contributed by atoms with Gasteiger partial charge in [-0.15, -0.1) is 0 Å². The van der Waals surface area contributed by atoms with Gasteiger partial charge >= 0.3 is 0 Å². The fourth-order valence-electron chi connectivity index (χ4n) is 3.49. The molecule has 0 saturated carbocycles. The summed E-state index contributed by atoms with van der Waals surface area (Å²) in [5.41, 5.74) is 8.52. The number of benzene rings is 2. The van der Waals surface area contributed by atoms with Crippen LogP contribution in [0.5, 0.6) is 5.75 Å². The van der Waals surface area contributed by atoms with E-state index in [1.54, 1.807) is 24.3 Å². The summed E-state index contributed by atoms with van der Waals surface area (Å²) in [4.78, 5) is 11.1. The van der Waals surface area contributed by atoms with Crippen LogP contribution >= 0.6 is 11.6 Å². The number of allylic oxidation sites excluding steroid dienone is 1. The van der Waals surface area contributed by atoms with Crippen molar-refractivity contribution in [3.63, 3.8) is 0 Å². The number of ether oxygens (including phenoxy) is 1. The third-order valence-corrected chi connectivity index (χ3v) is 5.09. The van der Waals surface area contributed by atoms with Gasteiger partial charge in [0.2, 0.25) is 5.91 Å². The number of rotatable bonds is 7. The third kappa shape index (κ3) is 5.12. The number of primary amides is 1. The Morgan fingerprint density at radius 2 is 2.00 bits per heavy atom. The lowest BCUT2D eigenvalue weighted by Gasteiger charge is -2.25. The Morgan fingerprint density at radius 3 is 2.73 bits per heavy atom. The molecule has 0 radical (unpaired) electrons. The molecule has 136 valence electrons. The number of halogens is 1. The Labute approximate surface area is 159 Å². The van der Waals surface area contributed by atoms with Gasteiger partial charge in [-0.05, 0) is 73.6 Å². The second kappa shape index (κ2) is 8.91.